The summed E-state index contributed by atoms with van der Waals surface area (Å²) in [5, 5.41) is 6.58. The summed E-state index contributed by atoms with van der Waals surface area (Å²) in [7, 11) is 0. The Balaban J connectivity index is 2.61. The van der Waals surface area contributed by atoms with Gasteiger partial charge in [-0.2, -0.15) is 0 Å². The van der Waals surface area contributed by atoms with Gasteiger partial charge in [0.25, 0.3) is 6.20 Å². The van der Waals surface area contributed by atoms with Crippen molar-refractivity contribution in [1.29, 1.82) is 0 Å². The molecule has 1 heterocycles. The summed E-state index contributed by atoms with van der Waals surface area (Å²) in [6.07, 6.45) is 3.97. The van der Waals surface area contributed by atoms with Crippen LogP contribution in [0.15, 0.2) is 16.5 Å². The van der Waals surface area contributed by atoms with Crippen LogP contribution < -0.4 is 5.43 Å². The van der Waals surface area contributed by atoms with Gasteiger partial charge in [0.15, 0.2) is 0 Å². The van der Waals surface area contributed by atoms with Gasteiger partial charge in [-0.15, -0.1) is 0 Å². The standard InChI is InChI=1S/C2H2N3/c1-2-4-5-3-1/h1H,(H,3,4,5)/q+1. The van der Waals surface area contributed by atoms with E-state index in [0.717, 1.165) is 0 Å². The minimum atomic E-state index is 1.53. The van der Waals surface area contributed by atoms with E-state index in [1.54, 1.807) is 0 Å². The van der Waals surface area contributed by atoms with Crippen molar-refractivity contribution in [2.75, 3.05) is 0 Å². The second kappa shape index (κ2) is 0.781. The molecule has 5 heavy (non-hydrogen) atoms. The Kier molecular flexibility index (Phi) is 0.359. The molecule has 0 spiro atoms. The zero-order chi connectivity index (χ0) is 3.54. The van der Waals surface area contributed by atoms with Gasteiger partial charge in [-0.1, -0.05) is 0 Å². The van der Waals surface area contributed by atoms with Crippen LogP contribution in [-0.4, -0.2) is 0 Å². The predicted molar refractivity (Wildman–Crippen MR) is 15.8 cm³/mol. The van der Waals surface area contributed by atoms with E-state index in [2.05, 4.69) is 22.0 Å². The van der Waals surface area contributed by atoms with E-state index < -0.39 is 0 Å². The average Bonchev–Trinajstić information content (AvgIpc) is 1.76. The molecule has 24 valence electrons. The molecule has 0 aromatic rings. The molecule has 3 heteroatoms. The summed E-state index contributed by atoms with van der Waals surface area (Å²) in [4.78, 5) is 0. The Morgan fingerprint density at radius 1 is 1.80 bits per heavy atom. The number of hydrogen-bond acceptors (Lipinski definition) is 3. The maximum Gasteiger partial charge on any atom is 0.445 e. The summed E-state index contributed by atoms with van der Waals surface area (Å²) in [5.41, 5.74) is 2.44. The van der Waals surface area contributed by atoms with Crippen LogP contribution in [0.5, 0.6) is 0 Å². The van der Waals surface area contributed by atoms with Crippen LogP contribution in [0, 0.1) is 6.20 Å². The lowest BCUT2D eigenvalue weighted by molar-refractivity contribution is 0.923. The first-order valence-corrected chi connectivity index (χ1v) is 1.22. The molecular formula is C2H2N3+. The minimum absolute atomic E-state index is 1.53. The lowest BCUT2D eigenvalue weighted by Gasteiger charge is -1.56. The van der Waals surface area contributed by atoms with Gasteiger partial charge in [-0.25, -0.2) is 5.43 Å². The van der Waals surface area contributed by atoms with E-state index in [9.17, 15) is 0 Å². The molecule has 0 unspecified atom stereocenters. The molecule has 1 rings (SSSR count). The van der Waals surface area contributed by atoms with E-state index in [0.29, 0.717) is 0 Å². The van der Waals surface area contributed by atoms with E-state index in [4.69, 9.17) is 0 Å². The van der Waals surface area contributed by atoms with Crippen LogP contribution in [0.1, 0.15) is 0 Å². The summed E-state index contributed by atoms with van der Waals surface area (Å²) in [6, 6.07) is 0. The molecule has 0 radical (unpaired) electrons. The molecule has 0 aromatic carbocycles. The summed E-state index contributed by atoms with van der Waals surface area (Å²) >= 11 is 0. The van der Waals surface area contributed by atoms with Crippen LogP contribution in [0.2, 0.25) is 0 Å². The average molecular weight is 68.1 g/mol. The van der Waals surface area contributed by atoms with E-state index >= 15 is 0 Å². The minimum Gasteiger partial charge on any atom is -0.214 e. The lowest BCUT2D eigenvalue weighted by atomic mass is 11.0. The van der Waals surface area contributed by atoms with E-state index in [1.807, 2.05) is 0 Å². The van der Waals surface area contributed by atoms with Crippen molar-refractivity contribution in [2.24, 2.45) is 10.3 Å². The monoisotopic (exact) mass is 68.0 g/mol. The lowest BCUT2D eigenvalue weighted by Crippen LogP contribution is -1.81. The van der Waals surface area contributed by atoms with Gasteiger partial charge < -0.3 is 0 Å². The van der Waals surface area contributed by atoms with E-state index in [-0.39, 0.29) is 0 Å². The first-order chi connectivity index (χ1) is 2.50. The Morgan fingerprint density at radius 2 is 2.80 bits per heavy atom. The van der Waals surface area contributed by atoms with Crippen LogP contribution in [0.3, 0.4) is 0 Å². The first kappa shape index (κ1) is 2.30. The quantitative estimate of drug-likeness (QED) is 0.405. The number of nitrogens with zero attached hydrogens (tertiary/aromatic N) is 2. The number of nitrogens with one attached hydrogen (secondary N) is 1. The molecule has 0 aromatic heterocycles. The zero-order valence-corrected chi connectivity index (χ0v) is 2.47. The molecule has 1 N–H and O–H groups in total. The number of hydrogen-bond donors (Lipinski definition) is 1. The molecule has 0 fully saturated rings. The van der Waals surface area contributed by atoms with Crippen LogP contribution in [0.25, 0.3) is 0 Å². The van der Waals surface area contributed by atoms with Crippen molar-refractivity contribution < 1.29 is 0 Å². The number of rotatable bonds is 0. The summed E-state index contributed by atoms with van der Waals surface area (Å²) in [6.45, 7) is 0. The molecule has 0 bridgehead atoms. The van der Waals surface area contributed by atoms with Crippen molar-refractivity contribution in [2.45, 2.75) is 0 Å². The van der Waals surface area contributed by atoms with Gasteiger partial charge in [-0.3, -0.25) is 0 Å². The Bertz CT molecular complexity index is 63.0. The predicted octanol–water partition coefficient (Wildman–Crippen LogP) is 0.231. The second-order valence-corrected chi connectivity index (χ2v) is 0.603. The van der Waals surface area contributed by atoms with Crippen LogP contribution >= 0.6 is 0 Å². The molecule has 0 saturated carbocycles. The van der Waals surface area contributed by atoms with Crippen molar-refractivity contribution >= 4 is 0 Å². The molecule has 0 amide bonds. The van der Waals surface area contributed by atoms with Gasteiger partial charge in [0.1, 0.15) is 5.11 Å². The van der Waals surface area contributed by atoms with Gasteiger partial charge in [0.2, 0.25) is 0 Å². The highest BCUT2D eigenvalue weighted by Gasteiger charge is 1.92. The maximum atomic E-state index is 3.29. The third kappa shape index (κ3) is 0.205. The smallest absolute Gasteiger partial charge is 0.214 e. The van der Waals surface area contributed by atoms with Gasteiger partial charge in [-0.05, 0) is 5.22 Å². The van der Waals surface area contributed by atoms with E-state index in [1.165, 1.54) is 6.20 Å². The SMILES string of the molecule is [C+]1=CNN=N1. The topological polar surface area (TPSA) is 36.8 Å². The van der Waals surface area contributed by atoms with Crippen molar-refractivity contribution in [3.05, 3.63) is 12.4 Å². The Morgan fingerprint density at radius 3 is 3.00 bits per heavy atom. The van der Waals surface area contributed by atoms with Gasteiger partial charge in [0.05, 0.1) is 0 Å². The highest BCUT2D eigenvalue weighted by Crippen LogP contribution is 1.77. The highest BCUT2D eigenvalue weighted by atomic mass is 15.4. The highest BCUT2D eigenvalue weighted by molar-refractivity contribution is 4.68. The zero-order valence-electron chi connectivity index (χ0n) is 2.47. The second-order valence-electron chi connectivity index (χ2n) is 0.603. The third-order valence-electron chi connectivity index (χ3n) is 0.295. The summed E-state index contributed by atoms with van der Waals surface area (Å²) < 4.78 is 0. The maximum absolute atomic E-state index is 3.29. The molecule has 3 nitrogen and oxygen atoms in total. The fourth-order valence-corrected chi connectivity index (χ4v) is 0.144. The third-order valence-corrected chi connectivity index (χ3v) is 0.295. The Labute approximate surface area is 29.4 Å². The van der Waals surface area contributed by atoms with Crippen LogP contribution in [0.4, 0.5) is 0 Å². The first-order valence-electron chi connectivity index (χ1n) is 1.22. The molecule has 1 aliphatic rings. The van der Waals surface area contributed by atoms with Crippen molar-refractivity contribution in [3.63, 3.8) is 0 Å². The Hall–Kier alpha value is -0.950. The van der Waals surface area contributed by atoms with Crippen molar-refractivity contribution in [3.8, 4) is 0 Å². The molecule has 0 aliphatic carbocycles. The van der Waals surface area contributed by atoms with Crippen molar-refractivity contribution in [1.82, 2.24) is 5.43 Å². The summed E-state index contributed by atoms with van der Waals surface area (Å²) in [5.74, 6) is 0. The van der Waals surface area contributed by atoms with Gasteiger partial charge in [0, 0.05) is 0 Å². The fourth-order valence-electron chi connectivity index (χ4n) is 0.144. The molecule has 1 aliphatic heterocycles. The normalized spacial score (nSPS) is 14.4. The molecular weight excluding hydrogens is 66.0 g/mol. The van der Waals surface area contributed by atoms with Crippen LogP contribution in [-0.2, 0) is 0 Å². The largest absolute Gasteiger partial charge is 0.445 e. The molecule has 0 atom stereocenters. The fraction of sp³-hybridized carbons (Fsp3) is 0. The van der Waals surface area contributed by atoms with Gasteiger partial charge >= 0.3 is 6.20 Å². The molecule has 0 saturated heterocycles.